The predicted molar refractivity (Wildman–Crippen MR) is 118 cm³/mol. The van der Waals surface area contributed by atoms with Crippen LogP contribution >= 0.6 is 0 Å². The van der Waals surface area contributed by atoms with E-state index in [0.29, 0.717) is 30.9 Å². The summed E-state index contributed by atoms with van der Waals surface area (Å²) in [6, 6.07) is 9.25. The first kappa shape index (κ1) is 20.7. The lowest BCUT2D eigenvalue weighted by Gasteiger charge is -2.32. The van der Waals surface area contributed by atoms with Gasteiger partial charge in [-0.1, -0.05) is 13.0 Å². The molecule has 160 valence electrons. The fraction of sp³-hybridized carbons (Fsp3) is 0.304. The van der Waals surface area contributed by atoms with E-state index in [9.17, 15) is 9.90 Å². The van der Waals surface area contributed by atoms with Gasteiger partial charge in [0, 0.05) is 18.1 Å². The van der Waals surface area contributed by atoms with Crippen molar-refractivity contribution in [2.24, 2.45) is 0 Å². The molecule has 2 N–H and O–H groups in total. The van der Waals surface area contributed by atoms with E-state index in [-0.39, 0.29) is 18.6 Å². The molecule has 1 aliphatic rings. The van der Waals surface area contributed by atoms with Crippen LogP contribution in [0.4, 0.5) is 11.4 Å². The Balaban J connectivity index is 1.73. The number of aromatic nitrogens is 3. The van der Waals surface area contributed by atoms with Gasteiger partial charge in [0.2, 0.25) is 0 Å². The molecule has 31 heavy (non-hydrogen) atoms. The van der Waals surface area contributed by atoms with Crippen LogP contribution in [0.5, 0.6) is 5.75 Å². The minimum absolute atomic E-state index is 0.114. The summed E-state index contributed by atoms with van der Waals surface area (Å²) in [5.74, 6) is 0.374. The summed E-state index contributed by atoms with van der Waals surface area (Å²) in [5, 5.41) is 12.3. The van der Waals surface area contributed by atoms with Crippen LogP contribution < -0.4 is 15.0 Å². The second-order valence-electron chi connectivity index (χ2n) is 7.36. The van der Waals surface area contributed by atoms with E-state index in [1.54, 1.807) is 18.6 Å². The number of fused-ring (bicyclic) bond motifs is 1. The van der Waals surface area contributed by atoms with Crippen LogP contribution in [-0.4, -0.2) is 51.8 Å². The number of nitrogens with zero attached hydrogens (tertiary/aromatic N) is 4. The minimum Gasteiger partial charge on any atom is -0.488 e. The monoisotopic (exact) mass is 419 g/mol. The van der Waals surface area contributed by atoms with Gasteiger partial charge in [-0.15, -0.1) is 0 Å². The molecule has 0 bridgehead atoms. The number of ether oxygens (including phenoxy) is 1. The van der Waals surface area contributed by atoms with Gasteiger partial charge in [-0.25, -0.2) is 0 Å². The number of carbonyl (C=O) groups excluding carboxylic acids is 1. The topological polar surface area (TPSA) is 100 Å². The van der Waals surface area contributed by atoms with Gasteiger partial charge in [0.15, 0.2) is 5.75 Å². The Kier molecular flexibility index (Phi) is 6.08. The van der Waals surface area contributed by atoms with Gasteiger partial charge in [0.1, 0.15) is 6.61 Å². The summed E-state index contributed by atoms with van der Waals surface area (Å²) in [7, 11) is 0. The zero-order chi connectivity index (χ0) is 21.8. The molecule has 8 nitrogen and oxygen atoms in total. The first-order valence-electron chi connectivity index (χ1n) is 10.3. The van der Waals surface area contributed by atoms with Crippen LogP contribution in [-0.2, 0) is 0 Å². The standard InChI is InChI=1S/C23H25N5O3/c1-3-16(14-29)27-23(30)17-12-24-8-7-20(17)28-9-10-31-22-13-25-19(11-21(22)28)18-6-4-5-15(2)26-18/h4-8,11-13,16,29H,3,9-10,14H2,1-2H3,(H,27,30). The molecule has 0 saturated heterocycles. The largest absolute Gasteiger partial charge is 0.488 e. The van der Waals surface area contributed by atoms with Crippen molar-refractivity contribution in [3.8, 4) is 17.1 Å². The molecule has 1 amide bonds. The van der Waals surface area contributed by atoms with Crippen LogP contribution in [0.2, 0.25) is 0 Å². The van der Waals surface area contributed by atoms with Gasteiger partial charge in [-0.05, 0) is 37.6 Å². The van der Waals surface area contributed by atoms with E-state index in [0.717, 1.165) is 28.5 Å². The van der Waals surface area contributed by atoms with Crippen molar-refractivity contribution in [2.75, 3.05) is 24.7 Å². The van der Waals surface area contributed by atoms with Crippen LogP contribution in [0.25, 0.3) is 11.4 Å². The highest BCUT2D eigenvalue weighted by molar-refractivity contribution is 6.00. The highest BCUT2D eigenvalue weighted by Gasteiger charge is 2.25. The molecule has 4 rings (SSSR count). The number of aryl methyl sites for hydroxylation is 1. The van der Waals surface area contributed by atoms with Crippen molar-refractivity contribution in [1.82, 2.24) is 20.3 Å². The molecule has 0 spiro atoms. The molecular formula is C23H25N5O3. The van der Waals surface area contributed by atoms with Crippen LogP contribution in [0.3, 0.4) is 0 Å². The molecule has 0 radical (unpaired) electrons. The number of hydrogen-bond acceptors (Lipinski definition) is 7. The SMILES string of the molecule is CCC(CO)NC(=O)c1cnccc1N1CCOc2cnc(-c3cccc(C)n3)cc21. The Morgan fingerprint density at radius 2 is 2.13 bits per heavy atom. The Morgan fingerprint density at radius 3 is 2.90 bits per heavy atom. The maximum absolute atomic E-state index is 12.9. The highest BCUT2D eigenvalue weighted by atomic mass is 16.5. The summed E-state index contributed by atoms with van der Waals surface area (Å²) in [4.78, 5) is 28.2. The first-order chi connectivity index (χ1) is 15.1. The zero-order valence-electron chi connectivity index (χ0n) is 17.6. The van der Waals surface area contributed by atoms with Gasteiger partial charge in [0.25, 0.3) is 5.91 Å². The van der Waals surface area contributed by atoms with E-state index in [1.165, 1.54) is 0 Å². The van der Waals surface area contributed by atoms with Crippen molar-refractivity contribution in [3.63, 3.8) is 0 Å². The van der Waals surface area contributed by atoms with Crippen LogP contribution in [0.15, 0.2) is 48.9 Å². The third-order valence-corrected chi connectivity index (χ3v) is 5.24. The number of anilines is 2. The summed E-state index contributed by atoms with van der Waals surface area (Å²) in [6.45, 7) is 4.77. The lowest BCUT2D eigenvalue weighted by atomic mass is 10.1. The van der Waals surface area contributed by atoms with Gasteiger partial charge < -0.3 is 20.1 Å². The van der Waals surface area contributed by atoms with Gasteiger partial charge >= 0.3 is 0 Å². The molecule has 0 saturated carbocycles. The quantitative estimate of drug-likeness (QED) is 0.634. The Labute approximate surface area is 180 Å². The molecule has 4 heterocycles. The summed E-state index contributed by atoms with van der Waals surface area (Å²) >= 11 is 0. The number of aliphatic hydroxyl groups excluding tert-OH is 1. The van der Waals surface area contributed by atoms with Gasteiger partial charge in [-0.2, -0.15) is 0 Å². The highest BCUT2D eigenvalue weighted by Crippen LogP contribution is 2.39. The maximum atomic E-state index is 12.9. The van der Waals surface area contributed by atoms with Crippen molar-refractivity contribution in [2.45, 2.75) is 26.3 Å². The summed E-state index contributed by atoms with van der Waals surface area (Å²) in [5.41, 5.74) is 4.38. The maximum Gasteiger partial charge on any atom is 0.255 e. The molecular weight excluding hydrogens is 394 g/mol. The van der Waals surface area contributed by atoms with E-state index in [2.05, 4.69) is 20.3 Å². The first-order valence-corrected chi connectivity index (χ1v) is 10.3. The molecule has 1 unspecified atom stereocenters. The molecule has 1 aliphatic heterocycles. The number of pyridine rings is 3. The summed E-state index contributed by atoms with van der Waals surface area (Å²) in [6.07, 6.45) is 5.54. The lowest BCUT2D eigenvalue weighted by molar-refractivity contribution is 0.0915. The van der Waals surface area contributed by atoms with E-state index >= 15 is 0 Å². The number of carbonyl (C=O) groups is 1. The number of nitrogens with one attached hydrogen (secondary N) is 1. The molecule has 1 atom stereocenters. The predicted octanol–water partition coefficient (Wildman–Crippen LogP) is 2.88. The number of amides is 1. The zero-order valence-corrected chi connectivity index (χ0v) is 17.6. The van der Waals surface area contributed by atoms with Crippen molar-refractivity contribution >= 4 is 17.3 Å². The number of rotatable bonds is 6. The Hall–Kier alpha value is -3.52. The second kappa shape index (κ2) is 9.09. The number of hydrogen-bond donors (Lipinski definition) is 2. The van der Waals surface area contributed by atoms with Crippen molar-refractivity contribution < 1.29 is 14.6 Å². The fourth-order valence-corrected chi connectivity index (χ4v) is 3.54. The third-order valence-electron chi connectivity index (χ3n) is 5.24. The fourth-order valence-electron chi connectivity index (χ4n) is 3.54. The number of aliphatic hydroxyl groups is 1. The van der Waals surface area contributed by atoms with Crippen LogP contribution in [0.1, 0.15) is 29.4 Å². The smallest absolute Gasteiger partial charge is 0.255 e. The lowest BCUT2D eigenvalue weighted by Crippen LogP contribution is -2.38. The van der Waals surface area contributed by atoms with Gasteiger partial charge in [0.05, 0.1) is 53.7 Å². The molecule has 3 aromatic heterocycles. The molecule has 0 fully saturated rings. The molecule has 0 aliphatic carbocycles. The minimum atomic E-state index is -0.305. The normalized spacial score (nSPS) is 13.8. The van der Waals surface area contributed by atoms with Crippen LogP contribution in [0, 0.1) is 6.92 Å². The molecule has 3 aromatic rings. The van der Waals surface area contributed by atoms with E-state index in [1.807, 2.05) is 49.1 Å². The van der Waals surface area contributed by atoms with Crippen molar-refractivity contribution in [1.29, 1.82) is 0 Å². The average Bonchev–Trinajstić information content (AvgIpc) is 2.81. The molecule has 8 heteroatoms. The van der Waals surface area contributed by atoms with Gasteiger partial charge in [-0.3, -0.25) is 19.7 Å². The van der Waals surface area contributed by atoms with E-state index in [4.69, 9.17) is 4.74 Å². The third kappa shape index (κ3) is 4.34. The van der Waals surface area contributed by atoms with Crippen molar-refractivity contribution in [3.05, 3.63) is 60.2 Å². The molecule has 0 aromatic carbocycles. The average molecular weight is 419 g/mol. The Morgan fingerprint density at radius 1 is 1.26 bits per heavy atom. The Bertz CT molecular complexity index is 1080. The summed E-state index contributed by atoms with van der Waals surface area (Å²) < 4.78 is 5.82. The second-order valence-corrected chi connectivity index (χ2v) is 7.36. The van der Waals surface area contributed by atoms with E-state index < -0.39 is 0 Å².